The SMILES string of the molecule is CC(C)c1ccc(C(=O)c2ccc3c(c2)CCN3)cc1. The minimum atomic E-state index is 0.106. The topological polar surface area (TPSA) is 29.1 Å². The van der Waals surface area contributed by atoms with Crippen molar-refractivity contribution < 1.29 is 4.79 Å². The molecule has 20 heavy (non-hydrogen) atoms. The molecule has 2 heteroatoms. The fraction of sp³-hybridized carbons (Fsp3) is 0.278. The predicted molar refractivity (Wildman–Crippen MR) is 82.6 cm³/mol. The molecule has 0 spiro atoms. The van der Waals surface area contributed by atoms with Gasteiger partial charge in [-0.1, -0.05) is 38.1 Å². The zero-order valence-corrected chi connectivity index (χ0v) is 11.9. The van der Waals surface area contributed by atoms with Gasteiger partial charge in [-0.15, -0.1) is 0 Å². The Morgan fingerprint density at radius 1 is 1.05 bits per heavy atom. The second-order valence-corrected chi connectivity index (χ2v) is 5.65. The van der Waals surface area contributed by atoms with Gasteiger partial charge in [-0.05, 0) is 41.7 Å². The van der Waals surface area contributed by atoms with Crippen LogP contribution in [0.5, 0.6) is 0 Å². The van der Waals surface area contributed by atoms with Gasteiger partial charge in [0, 0.05) is 23.4 Å². The Morgan fingerprint density at radius 2 is 1.75 bits per heavy atom. The number of hydrogen-bond acceptors (Lipinski definition) is 2. The highest BCUT2D eigenvalue weighted by Gasteiger charge is 2.14. The quantitative estimate of drug-likeness (QED) is 0.850. The van der Waals surface area contributed by atoms with Crippen molar-refractivity contribution in [2.24, 2.45) is 0 Å². The van der Waals surface area contributed by atoms with Crippen LogP contribution in [0.1, 0.15) is 46.8 Å². The molecule has 0 atom stereocenters. The summed E-state index contributed by atoms with van der Waals surface area (Å²) in [4.78, 5) is 12.5. The molecule has 2 aromatic rings. The van der Waals surface area contributed by atoms with E-state index in [-0.39, 0.29) is 5.78 Å². The zero-order chi connectivity index (χ0) is 14.1. The Morgan fingerprint density at radius 3 is 2.45 bits per heavy atom. The molecule has 1 aliphatic rings. The van der Waals surface area contributed by atoms with E-state index in [0.717, 1.165) is 29.8 Å². The molecule has 2 nitrogen and oxygen atoms in total. The zero-order valence-electron chi connectivity index (χ0n) is 11.9. The molecule has 0 radical (unpaired) electrons. The Bertz CT molecular complexity index is 641. The third-order valence-electron chi connectivity index (χ3n) is 3.92. The summed E-state index contributed by atoms with van der Waals surface area (Å²) < 4.78 is 0. The number of ketones is 1. The van der Waals surface area contributed by atoms with Crippen molar-refractivity contribution in [3.05, 3.63) is 64.7 Å². The van der Waals surface area contributed by atoms with Crippen molar-refractivity contribution >= 4 is 11.5 Å². The molecule has 1 heterocycles. The maximum absolute atomic E-state index is 12.5. The first-order valence-corrected chi connectivity index (χ1v) is 7.16. The summed E-state index contributed by atoms with van der Waals surface area (Å²) in [6.45, 7) is 5.28. The Labute approximate surface area is 119 Å². The Hall–Kier alpha value is -2.09. The fourth-order valence-electron chi connectivity index (χ4n) is 2.63. The standard InChI is InChI=1S/C18H19NO/c1-12(2)13-3-5-14(6-4-13)18(20)16-7-8-17-15(11-16)9-10-19-17/h3-8,11-12,19H,9-10H2,1-2H3. The second-order valence-electron chi connectivity index (χ2n) is 5.65. The van der Waals surface area contributed by atoms with Crippen LogP contribution in [-0.4, -0.2) is 12.3 Å². The van der Waals surface area contributed by atoms with Gasteiger partial charge in [-0.25, -0.2) is 0 Å². The summed E-state index contributed by atoms with van der Waals surface area (Å²) in [6, 6.07) is 13.9. The van der Waals surface area contributed by atoms with Gasteiger partial charge in [0.25, 0.3) is 0 Å². The predicted octanol–water partition coefficient (Wildman–Crippen LogP) is 4.01. The first-order chi connectivity index (χ1) is 9.65. The minimum absolute atomic E-state index is 0.106. The van der Waals surface area contributed by atoms with E-state index in [0.29, 0.717) is 5.92 Å². The number of anilines is 1. The van der Waals surface area contributed by atoms with Crippen LogP contribution in [0.3, 0.4) is 0 Å². The van der Waals surface area contributed by atoms with Crippen LogP contribution in [0.15, 0.2) is 42.5 Å². The number of fused-ring (bicyclic) bond motifs is 1. The lowest BCUT2D eigenvalue weighted by molar-refractivity contribution is 0.103. The van der Waals surface area contributed by atoms with E-state index in [2.05, 4.69) is 19.2 Å². The molecule has 1 aliphatic heterocycles. The van der Waals surface area contributed by atoms with E-state index in [9.17, 15) is 4.79 Å². The first-order valence-electron chi connectivity index (χ1n) is 7.16. The molecule has 0 saturated carbocycles. The van der Waals surface area contributed by atoms with Gasteiger partial charge in [0.05, 0.1) is 0 Å². The van der Waals surface area contributed by atoms with Gasteiger partial charge in [0.15, 0.2) is 5.78 Å². The molecule has 102 valence electrons. The lowest BCUT2D eigenvalue weighted by atomic mass is 9.97. The Balaban J connectivity index is 1.88. The second kappa shape index (κ2) is 5.12. The highest BCUT2D eigenvalue weighted by Crippen LogP contribution is 2.24. The molecule has 0 aromatic heterocycles. The van der Waals surface area contributed by atoms with Crippen LogP contribution in [-0.2, 0) is 6.42 Å². The lowest BCUT2D eigenvalue weighted by Gasteiger charge is -2.07. The summed E-state index contributed by atoms with van der Waals surface area (Å²) in [7, 11) is 0. The van der Waals surface area contributed by atoms with E-state index in [1.807, 2.05) is 42.5 Å². The smallest absolute Gasteiger partial charge is 0.193 e. The van der Waals surface area contributed by atoms with Crippen molar-refractivity contribution in [3.8, 4) is 0 Å². The number of carbonyl (C=O) groups excluding carboxylic acids is 1. The van der Waals surface area contributed by atoms with Gasteiger partial charge >= 0.3 is 0 Å². The molecule has 0 amide bonds. The molecule has 0 saturated heterocycles. The first kappa shape index (κ1) is 12.9. The molecule has 0 bridgehead atoms. The van der Waals surface area contributed by atoms with Crippen LogP contribution in [0.2, 0.25) is 0 Å². The van der Waals surface area contributed by atoms with Crippen molar-refractivity contribution in [2.75, 3.05) is 11.9 Å². The van der Waals surface area contributed by atoms with Crippen LogP contribution in [0, 0.1) is 0 Å². The van der Waals surface area contributed by atoms with Crippen LogP contribution in [0.25, 0.3) is 0 Å². The Kier molecular flexibility index (Phi) is 3.31. The van der Waals surface area contributed by atoms with Gasteiger partial charge < -0.3 is 5.32 Å². The maximum Gasteiger partial charge on any atom is 0.193 e. The number of benzene rings is 2. The highest BCUT2D eigenvalue weighted by atomic mass is 16.1. The molecule has 1 N–H and O–H groups in total. The molecule has 2 aromatic carbocycles. The maximum atomic E-state index is 12.5. The average Bonchev–Trinajstić information content (AvgIpc) is 2.94. The van der Waals surface area contributed by atoms with Crippen molar-refractivity contribution in [1.29, 1.82) is 0 Å². The van der Waals surface area contributed by atoms with Crippen molar-refractivity contribution in [1.82, 2.24) is 0 Å². The lowest BCUT2D eigenvalue weighted by Crippen LogP contribution is -2.02. The molecule has 0 fully saturated rings. The summed E-state index contributed by atoms with van der Waals surface area (Å²) in [6.07, 6.45) is 1.00. The molecule has 0 unspecified atom stereocenters. The van der Waals surface area contributed by atoms with E-state index in [4.69, 9.17) is 0 Å². The summed E-state index contributed by atoms with van der Waals surface area (Å²) in [5.41, 5.74) is 5.22. The third kappa shape index (κ3) is 2.34. The van der Waals surface area contributed by atoms with Gasteiger partial charge in [0.2, 0.25) is 0 Å². The molecule has 0 aliphatic carbocycles. The summed E-state index contributed by atoms with van der Waals surface area (Å²) >= 11 is 0. The summed E-state index contributed by atoms with van der Waals surface area (Å²) in [5, 5.41) is 3.31. The minimum Gasteiger partial charge on any atom is -0.384 e. The van der Waals surface area contributed by atoms with Crippen molar-refractivity contribution in [2.45, 2.75) is 26.2 Å². The summed E-state index contributed by atoms with van der Waals surface area (Å²) in [5.74, 6) is 0.597. The van der Waals surface area contributed by atoms with Crippen LogP contribution >= 0.6 is 0 Å². The number of carbonyl (C=O) groups is 1. The van der Waals surface area contributed by atoms with Crippen LogP contribution in [0.4, 0.5) is 5.69 Å². The van der Waals surface area contributed by atoms with E-state index in [1.54, 1.807) is 0 Å². The molecular weight excluding hydrogens is 246 g/mol. The fourth-order valence-corrected chi connectivity index (χ4v) is 2.63. The third-order valence-corrected chi connectivity index (χ3v) is 3.92. The molecular formula is C18H19NO. The molecule has 3 rings (SSSR count). The highest BCUT2D eigenvalue weighted by molar-refractivity contribution is 6.09. The monoisotopic (exact) mass is 265 g/mol. The van der Waals surface area contributed by atoms with Crippen LogP contribution < -0.4 is 5.32 Å². The largest absolute Gasteiger partial charge is 0.384 e. The number of hydrogen-bond donors (Lipinski definition) is 1. The number of nitrogens with one attached hydrogen (secondary N) is 1. The van der Waals surface area contributed by atoms with Gasteiger partial charge in [-0.2, -0.15) is 0 Å². The van der Waals surface area contributed by atoms with Gasteiger partial charge in [-0.3, -0.25) is 4.79 Å². The van der Waals surface area contributed by atoms with E-state index < -0.39 is 0 Å². The average molecular weight is 265 g/mol. The number of rotatable bonds is 3. The normalized spacial score (nSPS) is 13.2. The van der Waals surface area contributed by atoms with Gasteiger partial charge in [0.1, 0.15) is 0 Å². The van der Waals surface area contributed by atoms with E-state index >= 15 is 0 Å². The van der Waals surface area contributed by atoms with E-state index in [1.165, 1.54) is 11.1 Å². The van der Waals surface area contributed by atoms with Crippen molar-refractivity contribution in [3.63, 3.8) is 0 Å².